The van der Waals surface area contributed by atoms with Crippen LogP contribution in [0, 0.1) is 0 Å². The average Bonchev–Trinajstić information content (AvgIpc) is 2.77. The highest BCUT2D eigenvalue weighted by Crippen LogP contribution is 2.20. The van der Waals surface area contributed by atoms with Crippen molar-refractivity contribution in [3.05, 3.63) is 64.4 Å². The van der Waals surface area contributed by atoms with E-state index in [0.717, 1.165) is 27.4 Å². The van der Waals surface area contributed by atoms with Gasteiger partial charge in [-0.25, -0.2) is 4.98 Å². The average molecular weight is 315 g/mol. The lowest BCUT2D eigenvalue weighted by atomic mass is 10.2. The van der Waals surface area contributed by atoms with Crippen molar-refractivity contribution in [2.75, 3.05) is 0 Å². The number of hydrogen-bond donors (Lipinski definition) is 0. The molecule has 19 heavy (non-hydrogen) atoms. The molecule has 1 aromatic carbocycles. The third-order valence-corrected chi connectivity index (χ3v) is 3.53. The number of hydrogen-bond acceptors (Lipinski definition) is 2. The number of nitrogens with zero attached hydrogens (tertiary/aromatic N) is 2. The molecule has 2 heterocycles. The normalized spacial score (nSPS) is 10.8. The SMILES string of the molecule is O=Cc1cn(Cc2cccc(Br)c2)c2ncccc12. The fourth-order valence-electron chi connectivity index (χ4n) is 2.20. The Morgan fingerprint density at radius 1 is 1.26 bits per heavy atom. The van der Waals surface area contributed by atoms with Gasteiger partial charge in [-0.05, 0) is 29.8 Å². The van der Waals surface area contributed by atoms with Gasteiger partial charge in [-0.3, -0.25) is 4.79 Å². The summed E-state index contributed by atoms with van der Waals surface area (Å²) in [5, 5.41) is 0.896. The number of pyridine rings is 1. The first-order valence-electron chi connectivity index (χ1n) is 5.91. The number of carbonyl (C=O) groups is 1. The topological polar surface area (TPSA) is 34.9 Å². The van der Waals surface area contributed by atoms with Gasteiger partial charge in [0.1, 0.15) is 5.65 Å². The van der Waals surface area contributed by atoms with Crippen molar-refractivity contribution in [2.24, 2.45) is 0 Å². The Hall–Kier alpha value is -1.94. The minimum Gasteiger partial charge on any atom is -0.327 e. The predicted molar refractivity (Wildman–Crippen MR) is 78.4 cm³/mol. The third kappa shape index (κ3) is 2.31. The molecule has 0 aliphatic rings. The van der Waals surface area contributed by atoms with E-state index in [-0.39, 0.29) is 0 Å². The Kier molecular flexibility index (Phi) is 3.17. The molecule has 0 atom stereocenters. The van der Waals surface area contributed by atoms with Crippen LogP contribution in [-0.2, 0) is 6.54 Å². The maximum Gasteiger partial charge on any atom is 0.152 e. The lowest BCUT2D eigenvalue weighted by Gasteiger charge is -2.05. The molecule has 0 spiro atoms. The molecular weight excluding hydrogens is 304 g/mol. The van der Waals surface area contributed by atoms with Crippen molar-refractivity contribution < 1.29 is 4.79 Å². The highest BCUT2D eigenvalue weighted by atomic mass is 79.9. The minimum atomic E-state index is 0.679. The van der Waals surface area contributed by atoms with Crippen LogP contribution in [0.5, 0.6) is 0 Å². The lowest BCUT2D eigenvalue weighted by Crippen LogP contribution is -1.98. The van der Waals surface area contributed by atoms with Crippen LogP contribution in [0.2, 0.25) is 0 Å². The monoisotopic (exact) mass is 314 g/mol. The number of rotatable bonds is 3. The molecule has 3 rings (SSSR count). The number of aldehydes is 1. The van der Waals surface area contributed by atoms with E-state index in [0.29, 0.717) is 12.1 Å². The second-order valence-electron chi connectivity index (χ2n) is 4.33. The van der Waals surface area contributed by atoms with Gasteiger partial charge >= 0.3 is 0 Å². The summed E-state index contributed by atoms with van der Waals surface area (Å²) in [6.07, 6.45) is 4.47. The molecule has 0 amide bonds. The Labute approximate surface area is 119 Å². The van der Waals surface area contributed by atoms with Crippen LogP contribution in [-0.4, -0.2) is 15.8 Å². The van der Waals surface area contributed by atoms with Crippen LogP contribution >= 0.6 is 15.9 Å². The van der Waals surface area contributed by atoms with Gasteiger partial charge in [0.25, 0.3) is 0 Å². The first kappa shape index (κ1) is 12.1. The van der Waals surface area contributed by atoms with Crippen molar-refractivity contribution in [1.82, 2.24) is 9.55 Å². The molecule has 0 N–H and O–H groups in total. The Morgan fingerprint density at radius 2 is 2.16 bits per heavy atom. The van der Waals surface area contributed by atoms with Crippen LogP contribution in [0.3, 0.4) is 0 Å². The van der Waals surface area contributed by atoms with E-state index in [2.05, 4.69) is 33.0 Å². The molecule has 0 aliphatic carbocycles. The van der Waals surface area contributed by atoms with Crippen LogP contribution in [0.4, 0.5) is 0 Å². The molecule has 3 aromatic rings. The Bertz CT molecular complexity index is 749. The number of fused-ring (bicyclic) bond motifs is 1. The van der Waals surface area contributed by atoms with Crippen molar-refractivity contribution in [3.8, 4) is 0 Å². The summed E-state index contributed by atoms with van der Waals surface area (Å²) in [5.41, 5.74) is 2.68. The number of halogens is 1. The smallest absolute Gasteiger partial charge is 0.152 e. The number of carbonyl (C=O) groups excluding carboxylic acids is 1. The summed E-state index contributed by atoms with van der Waals surface area (Å²) in [6.45, 7) is 0.695. The summed E-state index contributed by atoms with van der Waals surface area (Å²) >= 11 is 3.46. The molecule has 0 saturated carbocycles. The van der Waals surface area contributed by atoms with Crippen molar-refractivity contribution >= 4 is 33.2 Å². The molecule has 0 saturated heterocycles. The molecule has 3 nitrogen and oxygen atoms in total. The summed E-state index contributed by atoms with van der Waals surface area (Å²) in [6, 6.07) is 11.9. The van der Waals surface area contributed by atoms with Crippen LogP contribution in [0.1, 0.15) is 15.9 Å². The summed E-state index contributed by atoms with van der Waals surface area (Å²) in [4.78, 5) is 15.5. The second-order valence-corrected chi connectivity index (χ2v) is 5.25. The van der Waals surface area contributed by atoms with E-state index in [9.17, 15) is 4.79 Å². The zero-order valence-corrected chi connectivity index (χ0v) is 11.7. The van der Waals surface area contributed by atoms with E-state index in [1.54, 1.807) is 6.20 Å². The first-order chi connectivity index (χ1) is 9.28. The molecule has 0 aliphatic heterocycles. The minimum absolute atomic E-state index is 0.679. The van der Waals surface area contributed by atoms with Crippen molar-refractivity contribution in [1.29, 1.82) is 0 Å². The van der Waals surface area contributed by atoms with E-state index in [1.807, 2.05) is 35.0 Å². The van der Waals surface area contributed by atoms with Crippen molar-refractivity contribution in [3.63, 3.8) is 0 Å². The van der Waals surface area contributed by atoms with Gasteiger partial charge in [-0.15, -0.1) is 0 Å². The standard InChI is InChI=1S/C15H11BrN2O/c16-13-4-1-3-11(7-13)8-18-9-12(10-19)14-5-2-6-17-15(14)18/h1-7,9-10H,8H2. The highest BCUT2D eigenvalue weighted by Gasteiger charge is 2.08. The molecule has 4 heteroatoms. The molecular formula is C15H11BrN2O. The molecule has 0 radical (unpaired) electrons. The quantitative estimate of drug-likeness (QED) is 0.691. The van der Waals surface area contributed by atoms with Gasteiger partial charge in [0.05, 0.1) is 0 Å². The van der Waals surface area contributed by atoms with E-state index in [1.165, 1.54) is 0 Å². The first-order valence-corrected chi connectivity index (χ1v) is 6.71. The summed E-state index contributed by atoms with van der Waals surface area (Å²) in [7, 11) is 0. The molecule has 94 valence electrons. The third-order valence-electron chi connectivity index (χ3n) is 3.03. The Balaban J connectivity index is 2.08. The van der Waals surface area contributed by atoms with E-state index >= 15 is 0 Å². The van der Waals surface area contributed by atoms with Crippen LogP contribution in [0.15, 0.2) is 53.3 Å². The van der Waals surface area contributed by atoms with Gasteiger partial charge in [0.2, 0.25) is 0 Å². The van der Waals surface area contributed by atoms with Crippen molar-refractivity contribution in [2.45, 2.75) is 6.54 Å². The maximum absolute atomic E-state index is 11.1. The lowest BCUT2D eigenvalue weighted by molar-refractivity contribution is 0.112. The molecule has 0 bridgehead atoms. The van der Waals surface area contributed by atoms with E-state index in [4.69, 9.17) is 0 Å². The zero-order valence-electron chi connectivity index (χ0n) is 10.1. The number of benzene rings is 1. The number of aromatic nitrogens is 2. The molecule has 0 fully saturated rings. The van der Waals surface area contributed by atoms with E-state index < -0.39 is 0 Å². The van der Waals surface area contributed by atoms with Gasteiger partial charge in [-0.1, -0.05) is 28.1 Å². The molecule has 2 aromatic heterocycles. The van der Waals surface area contributed by atoms with Gasteiger partial charge in [0.15, 0.2) is 6.29 Å². The fraction of sp³-hybridized carbons (Fsp3) is 0.0667. The second kappa shape index (κ2) is 4.97. The fourth-order valence-corrected chi connectivity index (χ4v) is 2.64. The van der Waals surface area contributed by atoms with Crippen LogP contribution < -0.4 is 0 Å². The Morgan fingerprint density at radius 3 is 2.95 bits per heavy atom. The maximum atomic E-state index is 11.1. The van der Waals surface area contributed by atoms with Gasteiger partial charge in [-0.2, -0.15) is 0 Å². The highest BCUT2D eigenvalue weighted by molar-refractivity contribution is 9.10. The largest absolute Gasteiger partial charge is 0.327 e. The zero-order chi connectivity index (χ0) is 13.2. The molecule has 0 unspecified atom stereocenters. The summed E-state index contributed by atoms with van der Waals surface area (Å²) in [5.74, 6) is 0. The predicted octanol–water partition coefficient (Wildman–Crippen LogP) is 3.66. The van der Waals surface area contributed by atoms with Gasteiger partial charge in [0, 0.05) is 34.4 Å². The van der Waals surface area contributed by atoms with Gasteiger partial charge < -0.3 is 4.57 Å². The van der Waals surface area contributed by atoms with Crippen LogP contribution in [0.25, 0.3) is 11.0 Å². The summed E-state index contributed by atoms with van der Waals surface area (Å²) < 4.78 is 3.05.